The fourth-order valence-electron chi connectivity index (χ4n) is 5.79. The van der Waals surface area contributed by atoms with Gasteiger partial charge in [-0.25, -0.2) is 0 Å². The summed E-state index contributed by atoms with van der Waals surface area (Å²) in [5, 5.41) is 4.48. The van der Waals surface area contributed by atoms with Crippen LogP contribution in [0.5, 0.6) is 0 Å². The van der Waals surface area contributed by atoms with Crippen LogP contribution in [0.2, 0.25) is 0 Å². The molecule has 0 fully saturated rings. The second-order valence-corrected chi connectivity index (χ2v) is 11.5. The molecular weight excluding hydrogens is 466 g/mol. The average molecular weight is 500 g/mol. The molecule has 0 saturated heterocycles. The highest BCUT2D eigenvalue weighted by atomic mass is 32.2. The van der Waals surface area contributed by atoms with Gasteiger partial charge in [0, 0.05) is 17.8 Å². The molecular formula is C35H33NS. The monoisotopic (exact) mass is 499 g/mol. The molecule has 1 N–H and O–H groups in total. The lowest BCUT2D eigenvalue weighted by molar-refractivity contribution is 1.00. The first-order chi connectivity index (χ1) is 18.1. The Hall–Kier alpha value is -3.49. The molecule has 0 bridgehead atoms. The first-order valence-corrected chi connectivity index (χ1v) is 14.2. The van der Waals surface area contributed by atoms with E-state index in [-0.39, 0.29) is 0 Å². The van der Waals surface area contributed by atoms with Crippen LogP contribution in [0, 0.1) is 6.92 Å². The number of hydrogen-bond acceptors (Lipinski definition) is 2. The lowest BCUT2D eigenvalue weighted by atomic mass is 9.97. The van der Waals surface area contributed by atoms with Crippen molar-refractivity contribution in [3.63, 3.8) is 0 Å². The summed E-state index contributed by atoms with van der Waals surface area (Å²) in [6, 6.07) is 33.0. The molecule has 2 aliphatic rings. The third-order valence-corrected chi connectivity index (χ3v) is 9.54. The molecule has 2 unspecified atom stereocenters. The second kappa shape index (κ2) is 10.1. The van der Waals surface area contributed by atoms with Gasteiger partial charge in [0.1, 0.15) is 0 Å². The summed E-state index contributed by atoms with van der Waals surface area (Å²) in [6.45, 7) is 7.73. The molecule has 4 aromatic rings. The highest BCUT2D eigenvalue weighted by molar-refractivity contribution is 8.00. The molecule has 4 aromatic carbocycles. The van der Waals surface area contributed by atoms with E-state index in [9.17, 15) is 0 Å². The van der Waals surface area contributed by atoms with Gasteiger partial charge in [0.25, 0.3) is 0 Å². The number of fused-ring (bicyclic) bond motifs is 2. The molecule has 37 heavy (non-hydrogen) atoms. The Morgan fingerprint density at radius 1 is 0.649 bits per heavy atom. The number of aryl methyl sites for hydroxylation is 1. The second-order valence-electron chi connectivity index (χ2n) is 10.3. The zero-order valence-electron chi connectivity index (χ0n) is 21.8. The summed E-state index contributed by atoms with van der Waals surface area (Å²) in [5.74, 6) is 0. The maximum absolute atomic E-state index is 3.74. The zero-order chi connectivity index (χ0) is 25.4. The van der Waals surface area contributed by atoms with Gasteiger partial charge in [-0.05, 0) is 72.2 Å². The van der Waals surface area contributed by atoms with Crippen LogP contribution < -0.4 is 5.32 Å². The maximum atomic E-state index is 3.74. The Kier molecular flexibility index (Phi) is 6.52. The van der Waals surface area contributed by atoms with Gasteiger partial charge in [-0.2, -0.15) is 0 Å². The van der Waals surface area contributed by atoms with Crippen molar-refractivity contribution in [3.05, 3.63) is 136 Å². The van der Waals surface area contributed by atoms with Crippen molar-refractivity contribution < 1.29 is 0 Å². The first-order valence-electron chi connectivity index (χ1n) is 13.2. The molecule has 0 heterocycles. The molecule has 0 amide bonds. The van der Waals surface area contributed by atoms with Crippen LogP contribution in [0.3, 0.4) is 0 Å². The molecule has 0 aliphatic heterocycles. The van der Waals surface area contributed by atoms with Crippen LogP contribution in [-0.2, 0) is 6.42 Å². The van der Waals surface area contributed by atoms with Crippen molar-refractivity contribution in [3.8, 4) is 11.1 Å². The van der Waals surface area contributed by atoms with E-state index in [1.807, 2.05) is 0 Å². The highest BCUT2D eigenvalue weighted by Gasteiger charge is 2.32. The van der Waals surface area contributed by atoms with Crippen LogP contribution in [-0.4, -0.2) is 6.54 Å². The van der Waals surface area contributed by atoms with Gasteiger partial charge in [-0.3, -0.25) is 0 Å². The number of anilines is 1. The van der Waals surface area contributed by atoms with Crippen molar-refractivity contribution in [2.24, 2.45) is 0 Å². The van der Waals surface area contributed by atoms with Crippen molar-refractivity contribution in [1.82, 2.24) is 0 Å². The minimum Gasteiger partial charge on any atom is -0.384 e. The summed E-state index contributed by atoms with van der Waals surface area (Å²) in [4.78, 5) is 0. The van der Waals surface area contributed by atoms with Gasteiger partial charge in [0.15, 0.2) is 0 Å². The fraction of sp³-hybridized carbons (Fsp3) is 0.200. The van der Waals surface area contributed by atoms with Crippen LogP contribution in [0.4, 0.5) is 5.69 Å². The smallest absolute Gasteiger partial charge is 0.0523 e. The quantitative estimate of drug-likeness (QED) is 0.272. The summed E-state index contributed by atoms with van der Waals surface area (Å²) in [5.41, 5.74) is 15.2. The molecule has 2 aliphatic carbocycles. The lowest BCUT2D eigenvalue weighted by Gasteiger charge is -2.22. The third kappa shape index (κ3) is 4.55. The number of rotatable bonds is 7. The van der Waals surface area contributed by atoms with Crippen LogP contribution >= 0.6 is 11.8 Å². The molecule has 2 atom stereocenters. The highest BCUT2D eigenvalue weighted by Crippen LogP contribution is 2.56. The minimum atomic E-state index is 0.368. The predicted molar refractivity (Wildman–Crippen MR) is 162 cm³/mol. The SMILES string of the molecule is CC1=Cc2c(NCCc3ccccc3C)cccc2C1SC1C(C)=Cc2c(-c3ccccc3)cccc21. The Labute approximate surface area is 225 Å². The molecule has 184 valence electrons. The standard InChI is InChI=1S/C35H33NS/c1-23-11-7-8-12-26(23)19-20-36-33-18-10-17-30-32(33)22-25(3)35(30)37-34-24(2)21-31-28(15-9-16-29(31)34)27-13-5-4-6-14-27/h4-18,21-22,34-36H,19-20H2,1-3H3. The Bertz CT molecular complexity index is 1510. The largest absolute Gasteiger partial charge is 0.384 e. The van der Waals surface area contributed by atoms with Gasteiger partial charge in [0.2, 0.25) is 0 Å². The van der Waals surface area contributed by atoms with E-state index in [1.54, 1.807) is 0 Å². The van der Waals surface area contributed by atoms with E-state index < -0.39 is 0 Å². The predicted octanol–water partition coefficient (Wildman–Crippen LogP) is 9.67. The number of hydrogen-bond donors (Lipinski definition) is 1. The van der Waals surface area contributed by atoms with Crippen molar-refractivity contribution >= 4 is 29.6 Å². The lowest BCUT2D eigenvalue weighted by Crippen LogP contribution is -2.07. The van der Waals surface area contributed by atoms with Crippen LogP contribution in [0.25, 0.3) is 23.3 Å². The molecule has 0 aromatic heterocycles. The number of nitrogens with one attached hydrogen (secondary N) is 1. The maximum Gasteiger partial charge on any atom is 0.0523 e. The molecule has 1 nitrogen and oxygen atoms in total. The Balaban J connectivity index is 1.23. The molecule has 6 rings (SSSR count). The zero-order valence-corrected chi connectivity index (χ0v) is 22.6. The summed E-state index contributed by atoms with van der Waals surface area (Å²) in [7, 11) is 0. The molecule has 0 radical (unpaired) electrons. The first kappa shape index (κ1) is 23.9. The van der Waals surface area contributed by atoms with Crippen molar-refractivity contribution in [2.45, 2.75) is 37.7 Å². The number of benzene rings is 4. The van der Waals surface area contributed by atoms with E-state index in [0.29, 0.717) is 10.5 Å². The summed E-state index contributed by atoms with van der Waals surface area (Å²) in [6.07, 6.45) is 5.84. The normalized spacial score (nSPS) is 17.7. The van der Waals surface area contributed by atoms with Gasteiger partial charge >= 0.3 is 0 Å². The number of thioether (sulfide) groups is 1. The average Bonchev–Trinajstić information content (AvgIpc) is 3.42. The molecule has 2 heteroatoms. The van der Waals surface area contributed by atoms with E-state index in [0.717, 1.165) is 13.0 Å². The van der Waals surface area contributed by atoms with E-state index in [1.165, 1.54) is 61.3 Å². The van der Waals surface area contributed by atoms with Crippen molar-refractivity contribution in [1.29, 1.82) is 0 Å². The van der Waals surface area contributed by atoms with Crippen LogP contribution in [0.1, 0.15) is 57.7 Å². The minimum absolute atomic E-state index is 0.368. The topological polar surface area (TPSA) is 12.0 Å². The summed E-state index contributed by atoms with van der Waals surface area (Å²) >= 11 is 2.09. The van der Waals surface area contributed by atoms with Gasteiger partial charge in [-0.1, -0.05) is 108 Å². The van der Waals surface area contributed by atoms with Gasteiger partial charge in [-0.15, -0.1) is 11.8 Å². The van der Waals surface area contributed by atoms with Crippen molar-refractivity contribution in [2.75, 3.05) is 11.9 Å². The van der Waals surface area contributed by atoms with E-state index >= 15 is 0 Å². The van der Waals surface area contributed by atoms with Gasteiger partial charge < -0.3 is 5.32 Å². The molecule has 0 saturated carbocycles. The van der Waals surface area contributed by atoms with E-state index in [2.05, 4.69) is 141 Å². The van der Waals surface area contributed by atoms with E-state index in [4.69, 9.17) is 0 Å². The summed E-state index contributed by atoms with van der Waals surface area (Å²) < 4.78 is 0. The fourth-order valence-corrected chi connectivity index (χ4v) is 7.33. The Morgan fingerprint density at radius 2 is 1.30 bits per heavy atom. The third-order valence-electron chi connectivity index (χ3n) is 7.74. The van der Waals surface area contributed by atoms with Gasteiger partial charge in [0.05, 0.1) is 10.5 Å². The van der Waals surface area contributed by atoms with Crippen LogP contribution in [0.15, 0.2) is 102 Å². The Morgan fingerprint density at radius 3 is 2.05 bits per heavy atom. The molecule has 0 spiro atoms.